The van der Waals surface area contributed by atoms with Gasteiger partial charge in [0.2, 0.25) is 0 Å². The minimum absolute atomic E-state index is 0.0207. The molecule has 1 aromatic rings. The molecule has 1 unspecified atom stereocenters. The summed E-state index contributed by atoms with van der Waals surface area (Å²) in [7, 11) is 0. The Bertz CT molecular complexity index is 346. The largest absolute Gasteiger partial charge is 0.379 e. The average molecular weight is 211 g/mol. The standard InChI is InChI=1S/C12H15ClO/c1-8-3-4-9(2)12-10(8)5-6-14-7-11(12)13/h3-4,11H,5-7H2,1-2H3. The summed E-state index contributed by atoms with van der Waals surface area (Å²) in [4.78, 5) is 0. The molecule has 0 bridgehead atoms. The summed E-state index contributed by atoms with van der Waals surface area (Å²) in [6, 6.07) is 4.32. The van der Waals surface area contributed by atoms with Gasteiger partial charge in [-0.05, 0) is 42.5 Å². The lowest BCUT2D eigenvalue weighted by Crippen LogP contribution is -2.02. The zero-order valence-electron chi connectivity index (χ0n) is 8.64. The summed E-state index contributed by atoms with van der Waals surface area (Å²) in [5.74, 6) is 0. The molecular weight excluding hydrogens is 196 g/mol. The first-order valence-electron chi connectivity index (χ1n) is 5.01. The van der Waals surface area contributed by atoms with E-state index in [2.05, 4.69) is 26.0 Å². The van der Waals surface area contributed by atoms with Gasteiger partial charge in [0, 0.05) is 0 Å². The topological polar surface area (TPSA) is 9.23 Å². The van der Waals surface area contributed by atoms with Crippen molar-refractivity contribution in [2.45, 2.75) is 25.6 Å². The molecule has 0 aromatic heterocycles. The Kier molecular flexibility index (Phi) is 2.80. The molecule has 1 aromatic carbocycles. The minimum Gasteiger partial charge on any atom is -0.379 e. The van der Waals surface area contributed by atoms with Crippen molar-refractivity contribution in [3.8, 4) is 0 Å². The summed E-state index contributed by atoms with van der Waals surface area (Å²) in [5.41, 5.74) is 5.31. The highest BCUT2D eigenvalue weighted by Crippen LogP contribution is 2.32. The van der Waals surface area contributed by atoms with E-state index in [0.717, 1.165) is 13.0 Å². The fraction of sp³-hybridized carbons (Fsp3) is 0.500. The van der Waals surface area contributed by atoms with Crippen LogP contribution in [0.15, 0.2) is 12.1 Å². The Hall–Kier alpha value is -0.530. The lowest BCUT2D eigenvalue weighted by molar-refractivity contribution is 0.143. The summed E-state index contributed by atoms with van der Waals surface area (Å²) in [6.45, 7) is 5.70. The molecule has 1 atom stereocenters. The van der Waals surface area contributed by atoms with Gasteiger partial charge in [-0.2, -0.15) is 0 Å². The van der Waals surface area contributed by atoms with E-state index in [1.54, 1.807) is 0 Å². The molecule has 2 heteroatoms. The number of hydrogen-bond acceptors (Lipinski definition) is 1. The third-order valence-electron chi connectivity index (χ3n) is 2.88. The molecule has 2 rings (SSSR count). The first-order chi connectivity index (χ1) is 6.70. The first kappa shape index (κ1) is 10.0. The maximum atomic E-state index is 6.30. The molecule has 0 saturated heterocycles. The van der Waals surface area contributed by atoms with Crippen molar-refractivity contribution >= 4 is 11.6 Å². The third-order valence-corrected chi connectivity index (χ3v) is 3.23. The number of ether oxygens (including phenoxy) is 1. The second-order valence-electron chi connectivity index (χ2n) is 3.88. The Morgan fingerprint density at radius 2 is 2.00 bits per heavy atom. The number of rotatable bonds is 0. The van der Waals surface area contributed by atoms with Crippen molar-refractivity contribution in [3.05, 3.63) is 34.4 Å². The molecule has 1 aliphatic rings. The van der Waals surface area contributed by atoms with Crippen LogP contribution in [0.4, 0.5) is 0 Å². The second kappa shape index (κ2) is 3.92. The van der Waals surface area contributed by atoms with Crippen LogP contribution in [0.1, 0.15) is 27.6 Å². The lowest BCUT2D eigenvalue weighted by atomic mass is 9.94. The smallest absolute Gasteiger partial charge is 0.0824 e. The predicted octanol–water partition coefficient (Wildman–Crippen LogP) is 3.16. The van der Waals surface area contributed by atoms with Crippen molar-refractivity contribution in [3.63, 3.8) is 0 Å². The summed E-state index contributed by atoms with van der Waals surface area (Å²) in [6.07, 6.45) is 0.992. The molecule has 1 heterocycles. The molecule has 0 fully saturated rings. The number of aryl methyl sites for hydroxylation is 2. The van der Waals surface area contributed by atoms with Crippen LogP contribution in [0.5, 0.6) is 0 Å². The average Bonchev–Trinajstić information content (AvgIpc) is 2.35. The highest BCUT2D eigenvalue weighted by molar-refractivity contribution is 6.21. The third kappa shape index (κ3) is 1.67. The molecule has 0 spiro atoms. The van der Waals surface area contributed by atoms with Gasteiger partial charge in [0.25, 0.3) is 0 Å². The second-order valence-corrected chi connectivity index (χ2v) is 4.41. The molecule has 14 heavy (non-hydrogen) atoms. The van der Waals surface area contributed by atoms with Crippen LogP contribution in [-0.2, 0) is 11.2 Å². The lowest BCUT2D eigenvalue weighted by Gasteiger charge is -2.15. The van der Waals surface area contributed by atoms with Gasteiger partial charge >= 0.3 is 0 Å². The monoisotopic (exact) mass is 210 g/mol. The number of alkyl halides is 1. The number of hydrogen-bond donors (Lipinski definition) is 0. The summed E-state index contributed by atoms with van der Waals surface area (Å²) in [5, 5.41) is 0.0207. The number of halogens is 1. The van der Waals surface area contributed by atoms with Gasteiger partial charge in [-0.25, -0.2) is 0 Å². The highest BCUT2D eigenvalue weighted by Gasteiger charge is 2.19. The van der Waals surface area contributed by atoms with Crippen LogP contribution in [-0.4, -0.2) is 13.2 Å². The number of fused-ring (bicyclic) bond motifs is 1. The molecule has 0 N–H and O–H groups in total. The molecule has 76 valence electrons. The van der Waals surface area contributed by atoms with E-state index >= 15 is 0 Å². The van der Waals surface area contributed by atoms with E-state index in [1.807, 2.05) is 0 Å². The molecule has 0 amide bonds. The Morgan fingerprint density at radius 1 is 1.29 bits per heavy atom. The molecular formula is C12H15ClO. The van der Waals surface area contributed by atoms with Crippen molar-refractivity contribution in [2.75, 3.05) is 13.2 Å². The fourth-order valence-electron chi connectivity index (χ4n) is 2.10. The van der Waals surface area contributed by atoms with E-state index in [-0.39, 0.29) is 5.38 Å². The Labute approximate surface area is 90.0 Å². The first-order valence-corrected chi connectivity index (χ1v) is 5.44. The highest BCUT2D eigenvalue weighted by atomic mass is 35.5. The van der Waals surface area contributed by atoms with Crippen LogP contribution in [0.2, 0.25) is 0 Å². The summed E-state index contributed by atoms with van der Waals surface area (Å²) >= 11 is 6.30. The van der Waals surface area contributed by atoms with E-state index < -0.39 is 0 Å². The Balaban J connectivity index is 2.57. The number of benzene rings is 1. The molecule has 1 nitrogen and oxygen atoms in total. The van der Waals surface area contributed by atoms with E-state index in [9.17, 15) is 0 Å². The minimum atomic E-state index is 0.0207. The van der Waals surface area contributed by atoms with Crippen molar-refractivity contribution in [1.82, 2.24) is 0 Å². The zero-order chi connectivity index (χ0) is 10.1. The van der Waals surface area contributed by atoms with Gasteiger partial charge < -0.3 is 4.74 Å². The van der Waals surface area contributed by atoms with Gasteiger partial charge in [-0.3, -0.25) is 0 Å². The van der Waals surface area contributed by atoms with Crippen LogP contribution in [0, 0.1) is 13.8 Å². The quantitative estimate of drug-likeness (QED) is 0.598. The summed E-state index contributed by atoms with van der Waals surface area (Å²) < 4.78 is 5.47. The predicted molar refractivity (Wildman–Crippen MR) is 59.0 cm³/mol. The van der Waals surface area contributed by atoms with Crippen molar-refractivity contribution in [2.24, 2.45) is 0 Å². The fourth-order valence-corrected chi connectivity index (χ4v) is 2.50. The molecule has 0 radical (unpaired) electrons. The van der Waals surface area contributed by atoms with E-state index in [0.29, 0.717) is 6.61 Å². The van der Waals surface area contributed by atoms with Gasteiger partial charge in [-0.15, -0.1) is 11.6 Å². The SMILES string of the molecule is Cc1ccc(C)c2c1CCOCC2Cl. The van der Waals surface area contributed by atoms with Gasteiger partial charge in [0.05, 0.1) is 18.6 Å². The normalized spacial score (nSPS) is 21.5. The van der Waals surface area contributed by atoms with Crippen LogP contribution < -0.4 is 0 Å². The Morgan fingerprint density at radius 3 is 2.79 bits per heavy atom. The van der Waals surface area contributed by atoms with E-state index in [4.69, 9.17) is 16.3 Å². The van der Waals surface area contributed by atoms with Crippen molar-refractivity contribution < 1.29 is 4.74 Å². The van der Waals surface area contributed by atoms with Gasteiger partial charge in [0.1, 0.15) is 0 Å². The zero-order valence-corrected chi connectivity index (χ0v) is 9.40. The maximum Gasteiger partial charge on any atom is 0.0824 e. The van der Waals surface area contributed by atoms with Crippen LogP contribution >= 0.6 is 11.6 Å². The van der Waals surface area contributed by atoms with Gasteiger partial charge in [-0.1, -0.05) is 12.1 Å². The molecule has 0 saturated carbocycles. The maximum absolute atomic E-state index is 6.30. The van der Waals surface area contributed by atoms with Crippen LogP contribution in [0.3, 0.4) is 0 Å². The molecule has 1 aliphatic heterocycles. The van der Waals surface area contributed by atoms with Gasteiger partial charge in [0.15, 0.2) is 0 Å². The van der Waals surface area contributed by atoms with Crippen molar-refractivity contribution in [1.29, 1.82) is 0 Å². The molecule has 0 aliphatic carbocycles. The van der Waals surface area contributed by atoms with E-state index in [1.165, 1.54) is 22.3 Å². The van der Waals surface area contributed by atoms with Crippen LogP contribution in [0.25, 0.3) is 0 Å².